The molecule has 5 heteroatoms. The van der Waals surface area contributed by atoms with Crippen molar-refractivity contribution in [2.75, 3.05) is 6.61 Å². The number of hydrogen-bond donors (Lipinski definition) is 3. The number of aliphatic hydroxyl groups excluding tert-OH is 2. The van der Waals surface area contributed by atoms with Crippen LogP contribution in [0.3, 0.4) is 0 Å². The molecule has 0 saturated heterocycles. The number of hydrogen-bond acceptors (Lipinski definition) is 3. The van der Waals surface area contributed by atoms with Gasteiger partial charge in [0, 0.05) is 11.6 Å². The van der Waals surface area contributed by atoms with Crippen LogP contribution in [0.1, 0.15) is 5.56 Å². The van der Waals surface area contributed by atoms with Crippen LogP contribution in [0.15, 0.2) is 24.3 Å². The van der Waals surface area contributed by atoms with E-state index >= 15 is 0 Å². The molecule has 0 bridgehead atoms. The molecule has 82 valence electrons. The number of rotatable bonds is 4. The Morgan fingerprint density at radius 1 is 1.40 bits per heavy atom. The number of amides is 1. The first-order chi connectivity index (χ1) is 7.13. The highest BCUT2D eigenvalue weighted by molar-refractivity contribution is 6.30. The third kappa shape index (κ3) is 3.87. The van der Waals surface area contributed by atoms with Crippen LogP contribution in [0.2, 0.25) is 5.02 Å². The standard InChI is InChI=1S/C10H12ClNO3/c11-8-3-1-7(2-4-8)5-12-10(15)9(14)6-13/h1-4,9,13-14H,5-6H2,(H,12,15). The molecule has 1 aromatic rings. The topological polar surface area (TPSA) is 69.6 Å². The Morgan fingerprint density at radius 2 is 2.00 bits per heavy atom. The molecule has 0 saturated carbocycles. The molecular weight excluding hydrogens is 218 g/mol. The molecule has 0 aliphatic carbocycles. The van der Waals surface area contributed by atoms with Gasteiger partial charge in [0.1, 0.15) is 0 Å². The van der Waals surface area contributed by atoms with Gasteiger partial charge in [-0.05, 0) is 17.7 Å². The molecule has 1 atom stereocenters. The summed E-state index contributed by atoms with van der Waals surface area (Å²) in [7, 11) is 0. The predicted molar refractivity (Wildman–Crippen MR) is 56.4 cm³/mol. The van der Waals surface area contributed by atoms with Crippen molar-refractivity contribution in [2.24, 2.45) is 0 Å². The van der Waals surface area contributed by atoms with Crippen molar-refractivity contribution in [1.82, 2.24) is 5.32 Å². The van der Waals surface area contributed by atoms with E-state index in [0.717, 1.165) is 5.56 Å². The van der Waals surface area contributed by atoms with Crippen molar-refractivity contribution in [2.45, 2.75) is 12.6 Å². The summed E-state index contributed by atoms with van der Waals surface area (Å²) >= 11 is 5.69. The van der Waals surface area contributed by atoms with Gasteiger partial charge in [0.2, 0.25) is 0 Å². The van der Waals surface area contributed by atoms with Gasteiger partial charge in [-0.15, -0.1) is 0 Å². The van der Waals surface area contributed by atoms with Crippen LogP contribution in [0.25, 0.3) is 0 Å². The van der Waals surface area contributed by atoms with Gasteiger partial charge in [-0.25, -0.2) is 0 Å². The zero-order valence-corrected chi connectivity index (χ0v) is 8.74. The molecule has 1 aromatic carbocycles. The highest BCUT2D eigenvalue weighted by Crippen LogP contribution is 2.09. The number of aliphatic hydroxyl groups is 2. The van der Waals surface area contributed by atoms with Gasteiger partial charge in [0.25, 0.3) is 5.91 Å². The molecule has 0 aliphatic rings. The van der Waals surface area contributed by atoms with Crippen molar-refractivity contribution in [1.29, 1.82) is 0 Å². The average Bonchev–Trinajstić information content (AvgIpc) is 2.26. The lowest BCUT2D eigenvalue weighted by molar-refractivity contribution is -0.131. The molecule has 1 rings (SSSR count). The van der Waals surface area contributed by atoms with Gasteiger partial charge < -0.3 is 15.5 Å². The van der Waals surface area contributed by atoms with Crippen LogP contribution in [0, 0.1) is 0 Å². The highest BCUT2D eigenvalue weighted by atomic mass is 35.5. The zero-order valence-electron chi connectivity index (χ0n) is 7.98. The molecule has 0 aliphatic heterocycles. The lowest BCUT2D eigenvalue weighted by atomic mass is 10.2. The van der Waals surface area contributed by atoms with Crippen molar-refractivity contribution >= 4 is 17.5 Å². The van der Waals surface area contributed by atoms with Crippen LogP contribution < -0.4 is 5.32 Å². The number of carbonyl (C=O) groups is 1. The molecule has 0 radical (unpaired) electrons. The molecule has 3 N–H and O–H groups in total. The van der Waals surface area contributed by atoms with Gasteiger partial charge in [0.05, 0.1) is 6.61 Å². The maximum atomic E-state index is 11.1. The normalized spacial score (nSPS) is 12.2. The first-order valence-electron chi connectivity index (χ1n) is 4.44. The number of benzene rings is 1. The SMILES string of the molecule is O=C(NCc1ccc(Cl)cc1)C(O)CO. The summed E-state index contributed by atoms with van der Waals surface area (Å²) in [5, 5.41) is 20.6. The van der Waals surface area contributed by atoms with Crippen molar-refractivity contribution in [3.05, 3.63) is 34.9 Å². The summed E-state index contributed by atoms with van der Waals surface area (Å²) in [4.78, 5) is 11.1. The smallest absolute Gasteiger partial charge is 0.251 e. The van der Waals surface area contributed by atoms with E-state index in [1.165, 1.54) is 0 Å². The van der Waals surface area contributed by atoms with Gasteiger partial charge >= 0.3 is 0 Å². The second-order valence-electron chi connectivity index (χ2n) is 3.04. The first-order valence-corrected chi connectivity index (χ1v) is 4.82. The predicted octanol–water partition coefficient (Wildman–Crippen LogP) is 0.309. The van der Waals surface area contributed by atoms with E-state index in [1.807, 2.05) is 0 Å². The van der Waals surface area contributed by atoms with E-state index in [1.54, 1.807) is 24.3 Å². The van der Waals surface area contributed by atoms with E-state index in [9.17, 15) is 4.79 Å². The van der Waals surface area contributed by atoms with E-state index in [0.29, 0.717) is 11.6 Å². The van der Waals surface area contributed by atoms with E-state index in [-0.39, 0.29) is 0 Å². The third-order valence-electron chi connectivity index (χ3n) is 1.86. The van der Waals surface area contributed by atoms with Crippen LogP contribution in [0.4, 0.5) is 0 Å². The quantitative estimate of drug-likeness (QED) is 0.696. The molecule has 0 heterocycles. The van der Waals surface area contributed by atoms with E-state index in [2.05, 4.69) is 5.32 Å². The van der Waals surface area contributed by atoms with Crippen LogP contribution in [-0.4, -0.2) is 28.8 Å². The Hall–Kier alpha value is -1.10. The minimum absolute atomic E-state index is 0.299. The minimum atomic E-state index is -1.36. The Morgan fingerprint density at radius 3 is 2.53 bits per heavy atom. The largest absolute Gasteiger partial charge is 0.393 e. The van der Waals surface area contributed by atoms with Gasteiger partial charge in [-0.3, -0.25) is 4.79 Å². The molecule has 4 nitrogen and oxygen atoms in total. The van der Waals surface area contributed by atoms with Crippen molar-refractivity contribution in [3.8, 4) is 0 Å². The van der Waals surface area contributed by atoms with Crippen LogP contribution >= 0.6 is 11.6 Å². The Bertz CT molecular complexity index is 326. The lowest BCUT2D eigenvalue weighted by Gasteiger charge is -2.08. The zero-order chi connectivity index (χ0) is 11.3. The summed E-state index contributed by atoms with van der Waals surface area (Å²) in [5.41, 5.74) is 0.873. The molecule has 15 heavy (non-hydrogen) atoms. The summed E-state index contributed by atoms with van der Waals surface area (Å²) < 4.78 is 0. The van der Waals surface area contributed by atoms with Crippen LogP contribution in [-0.2, 0) is 11.3 Å². The number of carbonyl (C=O) groups excluding carboxylic acids is 1. The molecule has 1 amide bonds. The maximum Gasteiger partial charge on any atom is 0.251 e. The van der Waals surface area contributed by atoms with Crippen LogP contribution in [0.5, 0.6) is 0 Å². The Labute approximate surface area is 92.5 Å². The first kappa shape index (κ1) is 12.0. The maximum absolute atomic E-state index is 11.1. The number of halogens is 1. The fourth-order valence-corrected chi connectivity index (χ4v) is 1.12. The van der Waals surface area contributed by atoms with Crippen molar-refractivity contribution < 1.29 is 15.0 Å². The van der Waals surface area contributed by atoms with Gasteiger partial charge in [0.15, 0.2) is 6.10 Å². The fourth-order valence-electron chi connectivity index (χ4n) is 0.992. The Balaban J connectivity index is 2.43. The number of nitrogens with one attached hydrogen (secondary N) is 1. The molecule has 0 aromatic heterocycles. The van der Waals surface area contributed by atoms with Crippen molar-refractivity contribution in [3.63, 3.8) is 0 Å². The second-order valence-corrected chi connectivity index (χ2v) is 3.48. The Kier molecular flexibility index (Phi) is 4.55. The highest BCUT2D eigenvalue weighted by Gasteiger charge is 2.12. The average molecular weight is 230 g/mol. The molecule has 0 fully saturated rings. The fraction of sp³-hybridized carbons (Fsp3) is 0.300. The summed E-state index contributed by atoms with van der Waals surface area (Å²) in [5.74, 6) is -0.590. The van der Waals surface area contributed by atoms with Gasteiger partial charge in [-0.2, -0.15) is 0 Å². The van der Waals surface area contributed by atoms with E-state index in [4.69, 9.17) is 21.8 Å². The summed E-state index contributed by atoms with van der Waals surface area (Å²) in [6, 6.07) is 6.97. The molecular formula is C10H12ClNO3. The second kappa shape index (κ2) is 5.70. The lowest BCUT2D eigenvalue weighted by Crippen LogP contribution is -2.36. The minimum Gasteiger partial charge on any atom is -0.393 e. The van der Waals surface area contributed by atoms with E-state index < -0.39 is 18.6 Å². The third-order valence-corrected chi connectivity index (χ3v) is 2.11. The van der Waals surface area contributed by atoms with Gasteiger partial charge in [-0.1, -0.05) is 23.7 Å². The monoisotopic (exact) mass is 229 g/mol. The summed E-state index contributed by atoms with van der Waals surface area (Å²) in [6.07, 6.45) is -1.36. The molecule has 1 unspecified atom stereocenters. The molecule has 0 spiro atoms. The summed E-state index contributed by atoms with van der Waals surface area (Å²) in [6.45, 7) is -0.278.